The lowest BCUT2D eigenvalue weighted by Crippen LogP contribution is -2.48. The first-order valence-electron chi connectivity index (χ1n) is 7.94. The fraction of sp³-hybridized carbons (Fsp3) is 0.444. The molecule has 1 N–H and O–H groups in total. The van der Waals surface area contributed by atoms with E-state index in [0.717, 1.165) is 29.1 Å². The van der Waals surface area contributed by atoms with Crippen molar-refractivity contribution >= 4 is 17.2 Å². The summed E-state index contributed by atoms with van der Waals surface area (Å²) in [6.45, 7) is 6.13. The molecule has 0 saturated carbocycles. The summed E-state index contributed by atoms with van der Waals surface area (Å²) in [6.07, 6.45) is 1.78. The largest absolute Gasteiger partial charge is 0.388 e. The van der Waals surface area contributed by atoms with Gasteiger partial charge in [-0.05, 0) is 33.6 Å². The highest BCUT2D eigenvalue weighted by atomic mass is 32.1. The van der Waals surface area contributed by atoms with Crippen LogP contribution in [0.4, 0.5) is 0 Å². The third-order valence-electron chi connectivity index (χ3n) is 4.34. The molecule has 0 aliphatic carbocycles. The summed E-state index contributed by atoms with van der Waals surface area (Å²) in [5.41, 5.74) is 0.910. The molecule has 1 aromatic heterocycles. The summed E-state index contributed by atoms with van der Waals surface area (Å²) < 4.78 is 0. The van der Waals surface area contributed by atoms with Crippen LogP contribution in [0.2, 0.25) is 0 Å². The van der Waals surface area contributed by atoms with Crippen LogP contribution in [0.5, 0.6) is 0 Å². The fourth-order valence-electron chi connectivity index (χ4n) is 3.17. The SMILES string of the molecule is Cc1nc(-c2ccccc2)sc1C(=O)N1CCCC1C(C)(C)O. The molecule has 1 fully saturated rings. The highest BCUT2D eigenvalue weighted by Gasteiger charge is 2.39. The van der Waals surface area contributed by atoms with Crippen molar-refractivity contribution in [2.24, 2.45) is 0 Å². The lowest BCUT2D eigenvalue weighted by Gasteiger charge is -2.33. The van der Waals surface area contributed by atoms with Gasteiger partial charge in [-0.25, -0.2) is 4.98 Å². The van der Waals surface area contributed by atoms with Gasteiger partial charge >= 0.3 is 0 Å². The van der Waals surface area contributed by atoms with Gasteiger partial charge in [0.1, 0.15) is 9.88 Å². The second kappa shape index (κ2) is 6.06. The topological polar surface area (TPSA) is 53.4 Å². The lowest BCUT2D eigenvalue weighted by molar-refractivity contribution is 0.000479. The van der Waals surface area contributed by atoms with Crippen LogP contribution in [0.15, 0.2) is 30.3 Å². The van der Waals surface area contributed by atoms with Crippen LogP contribution in [0.25, 0.3) is 10.6 Å². The molecular formula is C18H22N2O2S. The third kappa shape index (κ3) is 3.16. The smallest absolute Gasteiger partial charge is 0.266 e. The number of amides is 1. The molecule has 4 nitrogen and oxygen atoms in total. The first-order valence-corrected chi connectivity index (χ1v) is 8.76. The Hall–Kier alpha value is -1.72. The standard InChI is InChI=1S/C18H22N2O2S/c1-12-15(23-16(19-12)13-8-5-4-6-9-13)17(21)20-11-7-10-14(20)18(2,3)22/h4-6,8-9,14,22H,7,10-11H2,1-3H3. The van der Waals surface area contributed by atoms with Crippen LogP contribution in [-0.2, 0) is 0 Å². The zero-order chi connectivity index (χ0) is 16.6. The molecule has 1 amide bonds. The molecule has 1 aliphatic rings. The maximum Gasteiger partial charge on any atom is 0.266 e. The van der Waals surface area contributed by atoms with E-state index in [1.165, 1.54) is 11.3 Å². The molecule has 5 heteroatoms. The van der Waals surface area contributed by atoms with Gasteiger partial charge in [-0.1, -0.05) is 30.3 Å². The van der Waals surface area contributed by atoms with Crippen LogP contribution in [0.3, 0.4) is 0 Å². The number of carbonyl (C=O) groups is 1. The van der Waals surface area contributed by atoms with Crippen molar-refractivity contribution in [1.82, 2.24) is 9.88 Å². The normalized spacial score (nSPS) is 18.4. The molecule has 23 heavy (non-hydrogen) atoms. The Balaban J connectivity index is 1.90. The van der Waals surface area contributed by atoms with E-state index in [2.05, 4.69) is 4.98 Å². The molecular weight excluding hydrogens is 308 g/mol. The van der Waals surface area contributed by atoms with Crippen molar-refractivity contribution < 1.29 is 9.90 Å². The van der Waals surface area contributed by atoms with Crippen molar-refractivity contribution in [3.8, 4) is 10.6 Å². The van der Waals surface area contributed by atoms with Gasteiger partial charge in [0.2, 0.25) is 0 Å². The molecule has 3 rings (SSSR count). The molecule has 0 radical (unpaired) electrons. The minimum absolute atomic E-state index is 0.00759. The zero-order valence-electron chi connectivity index (χ0n) is 13.7. The quantitative estimate of drug-likeness (QED) is 0.937. The monoisotopic (exact) mass is 330 g/mol. The number of nitrogens with zero attached hydrogens (tertiary/aromatic N) is 2. The Morgan fingerprint density at radius 1 is 1.35 bits per heavy atom. The van der Waals surface area contributed by atoms with Crippen LogP contribution in [0.1, 0.15) is 42.1 Å². The fourth-order valence-corrected chi connectivity index (χ4v) is 4.20. The molecule has 2 aromatic rings. The van der Waals surface area contributed by atoms with Crippen molar-refractivity contribution in [3.05, 3.63) is 40.9 Å². The summed E-state index contributed by atoms with van der Waals surface area (Å²) >= 11 is 1.44. The van der Waals surface area contributed by atoms with Crippen LogP contribution in [-0.4, -0.2) is 39.1 Å². The maximum atomic E-state index is 13.0. The van der Waals surface area contributed by atoms with Gasteiger partial charge in [-0.2, -0.15) is 0 Å². The summed E-state index contributed by atoms with van der Waals surface area (Å²) in [5, 5.41) is 11.2. The molecule has 1 aliphatic heterocycles. The van der Waals surface area contributed by atoms with Gasteiger partial charge in [0, 0.05) is 12.1 Å². The summed E-state index contributed by atoms with van der Waals surface area (Å²) in [7, 11) is 0. The number of likely N-dealkylation sites (tertiary alicyclic amines) is 1. The van der Waals surface area contributed by atoms with Crippen molar-refractivity contribution in [2.45, 2.75) is 45.3 Å². The van der Waals surface area contributed by atoms with E-state index < -0.39 is 5.60 Å². The van der Waals surface area contributed by atoms with E-state index in [9.17, 15) is 9.90 Å². The average Bonchev–Trinajstić information content (AvgIpc) is 3.13. The van der Waals surface area contributed by atoms with Crippen LogP contribution >= 0.6 is 11.3 Å². The molecule has 1 aromatic carbocycles. The van der Waals surface area contributed by atoms with E-state index in [0.29, 0.717) is 11.4 Å². The number of aliphatic hydroxyl groups is 1. The molecule has 122 valence electrons. The highest BCUT2D eigenvalue weighted by molar-refractivity contribution is 7.17. The first-order chi connectivity index (χ1) is 10.9. The number of thiazole rings is 1. The predicted octanol–water partition coefficient (Wildman–Crippen LogP) is 3.49. The van der Waals surface area contributed by atoms with Gasteiger partial charge in [0.25, 0.3) is 5.91 Å². The Morgan fingerprint density at radius 2 is 2.04 bits per heavy atom. The molecule has 0 spiro atoms. The van der Waals surface area contributed by atoms with E-state index in [-0.39, 0.29) is 11.9 Å². The zero-order valence-corrected chi connectivity index (χ0v) is 14.6. The minimum atomic E-state index is -0.882. The summed E-state index contributed by atoms with van der Waals surface area (Å²) in [5.74, 6) is -0.00759. The van der Waals surface area contributed by atoms with E-state index in [4.69, 9.17) is 0 Å². The summed E-state index contributed by atoms with van der Waals surface area (Å²) in [6, 6.07) is 9.78. The molecule has 1 saturated heterocycles. The molecule has 1 unspecified atom stereocenters. The van der Waals surface area contributed by atoms with E-state index in [1.807, 2.05) is 42.2 Å². The van der Waals surface area contributed by atoms with Crippen molar-refractivity contribution in [3.63, 3.8) is 0 Å². The van der Waals surface area contributed by atoms with Gasteiger partial charge in [-0.15, -0.1) is 11.3 Å². The van der Waals surface area contributed by atoms with Crippen molar-refractivity contribution in [1.29, 1.82) is 0 Å². The average molecular weight is 330 g/mol. The number of hydrogen-bond donors (Lipinski definition) is 1. The number of aryl methyl sites for hydroxylation is 1. The van der Waals surface area contributed by atoms with Crippen molar-refractivity contribution in [2.75, 3.05) is 6.54 Å². The Bertz CT molecular complexity index is 704. The molecule has 0 bridgehead atoms. The second-order valence-electron chi connectivity index (χ2n) is 6.61. The van der Waals surface area contributed by atoms with E-state index >= 15 is 0 Å². The first kappa shape index (κ1) is 16.1. The number of hydrogen-bond acceptors (Lipinski definition) is 4. The van der Waals surface area contributed by atoms with E-state index in [1.54, 1.807) is 13.8 Å². The van der Waals surface area contributed by atoms with Gasteiger partial charge in [-0.3, -0.25) is 4.79 Å². The Kier molecular flexibility index (Phi) is 4.25. The second-order valence-corrected chi connectivity index (χ2v) is 7.61. The lowest BCUT2D eigenvalue weighted by atomic mass is 9.96. The number of rotatable bonds is 3. The summed E-state index contributed by atoms with van der Waals surface area (Å²) in [4.78, 5) is 20.0. The van der Waals surface area contributed by atoms with Crippen LogP contribution in [0, 0.1) is 6.92 Å². The number of aromatic nitrogens is 1. The van der Waals surface area contributed by atoms with Gasteiger partial charge in [0.15, 0.2) is 0 Å². The number of benzene rings is 1. The van der Waals surface area contributed by atoms with Gasteiger partial charge < -0.3 is 10.0 Å². The number of carbonyl (C=O) groups excluding carboxylic acids is 1. The maximum absolute atomic E-state index is 13.0. The minimum Gasteiger partial charge on any atom is -0.388 e. The van der Waals surface area contributed by atoms with Gasteiger partial charge in [0.05, 0.1) is 17.3 Å². The highest BCUT2D eigenvalue weighted by Crippen LogP contribution is 2.33. The van der Waals surface area contributed by atoms with Crippen LogP contribution < -0.4 is 0 Å². The predicted molar refractivity (Wildman–Crippen MR) is 92.6 cm³/mol. The Labute approximate surface area is 140 Å². The molecule has 1 atom stereocenters. The Morgan fingerprint density at radius 3 is 2.70 bits per heavy atom. The molecule has 2 heterocycles. The third-order valence-corrected chi connectivity index (χ3v) is 5.54.